The average molecular weight is 414 g/mol. The van der Waals surface area contributed by atoms with Gasteiger partial charge in [0.05, 0.1) is 18.3 Å². The second-order valence-corrected chi connectivity index (χ2v) is 8.99. The van der Waals surface area contributed by atoms with E-state index in [1.807, 2.05) is 17.1 Å². The average Bonchev–Trinajstić information content (AvgIpc) is 3.22. The van der Waals surface area contributed by atoms with Gasteiger partial charge in [-0.1, -0.05) is 67.1 Å². The van der Waals surface area contributed by atoms with E-state index in [1.54, 1.807) is 0 Å². The molecule has 0 N–H and O–H groups in total. The highest BCUT2D eigenvalue weighted by molar-refractivity contribution is 6.08. The van der Waals surface area contributed by atoms with Gasteiger partial charge >= 0.3 is 0 Å². The lowest BCUT2D eigenvalue weighted by Crippen LogP contribution is -2.41. The molecule has 1 saturated carbocycles. The minimum atomic E-state index is 0.00737. The maximum absolute atomic E-state index is 13.5. The smallest absolute Gasteiger partial charge is 0.257 e. The Morgan fingerprint density at radius 2 is 1.65 bits per heavy atom. The standard InChI is InChI=1S/C27H31N3O/c31-25(20-29-17-8-3-9-18-29)30-27(22-13-6-2-7-14-22)24-16-10-15-23(26(24)28-30)19-21-11-4-1-5-12-21/h1-2,4-7,11-14,19,24,27H,3,8-10,15-18,20H2/b23-19-/t24-,27-/m0/s1. The van der Waals surface area contributed by atoms with Crippen molar-refractivity contribution >= 4 is 17.7 Å². The molecule has 2 heterocycles. The van der Waals surface area contributed by atoms with Crippen molar-refractivity contribution in [2.24, 2.45) is 11.0 Å². The van der Waals surface area contributed by atoms with Gasteiger partial charge < -0.3 is 0 Å². The Balaban J connectivity index is 1.47. The van der Waals surface area contributed by atoms with Gasteiger partial charge in [-0.15, -0.1) is 0 Å². The van der Waals surface area contributed by atoms with Crippen molar-refractivity contribution in [3.8, 4) is 0 Å². The molecule has 2 aromatic rings. The van der Waals surface area contributed by atoms with E-state index >= 15 is 0 Å². The molecule has 0 bridgehead atoms. The number of fused-ring (bicyclic) bond motifs is 1. The summed E-state index contributed by atoms with van der Waals surface area (Å²) >= 11 is 0. The number of hydrogen-bond acceptors (Lipinski definition) is 3. The highest BCUT2D eigenvalue weighted by atomic mass is 16.2. The first-order valence-corrected chi connectivity index (χ1v) is 11.7. The zero-order valence-corrected chi connectivity index (χ0v) is 18.1. The SMILES string of the molecule is O=C(CN1CCCCC1)N1N=C2/C(=C\c3ccccc3)CCC[C@@H]2[C@@H]1c1ccccc1. The molecule has 2 aromatic carbocycles. The maximum atomic E-state index is 13.5. The fraction of sp³-hybridized carbons (Fsp3) is 0.407. The molecule has 3 aliphatic rings. The van der Waals surface area contributed by atoms with E-state index < -0.39 is 0 Å². The van der Waals surface area contributed by atoms with E-state index in [4.69, 9.17) is 5.10 Å². The number of allylic oxidation sites excluding steroid dienone is 1. The van der Waals surface area contributed by atoms with Gasteiger partial charge in [-0.2, -0.15) is 5.10 Å². The Morgan fingerprint density at radius 1 is 0.935 bits per heavy atom. The normalized spacial score (nSPS) is 25.4. The minimum Gasteiger partial charge on any atom is -0.294 e. The summed E-state index contributed by atoms with van der Waals surface area (Å²) in [6.07, 6.45) is 9.18. The molecule has 4 nitrogen and oxygen atoms in total. The number of hydrazone groups is 1. The summed E-state index contributed by atoms with van der Waals surface area (Å²) in [5.74, 6) is 0.410. The molecule has 160 valence electrons. The largest absolute Gasteiger partial charge is 0.294 e. The third-order valence-electron chi connectivity index (χ3n) is 6.85. The van der Waals surface area contributed by atoms with Crippen molar-refractivity contribution < 1.29 is 4.79 Å². The van der Waals surface area contributed by atoms with Gasteiger partial charge in [0, 0.05) is 5.92 Å². The Hall–Kier alpha value is -2.72. The van der Waals surface area contributed by atoms with Crippen LogP contribution >= 0.6 is 0 Å². The fourth-order valence-corrected chi connectivity index (χ4v) is 5.32. The third-order valence-corrected chi connectivity index (χ3v) is 6.85. The highest BCUT2D eigenvalue weighted by Gasteiger charge is 2.43. The predicted octanol–water partition coefficient (Wildman–Crippen LogP) is 5.30. The van der Waals surface area contributed by atoms with Crippen LogP contribution in [0.5, 0.6) is 0 Å². The molecular weight excluding hydrogens is 382 g/mol. The predicted molar refractivity (Wildman–Crippen MR) is 126 cm³/mol. The van der Waals surface area contributed by atoms with E-state index in [0.717, 1.165) is 38.1 Å². The van der Waals surface area contributed by atoms with Gasteiger partial charge in [0.25, 0.3) is 5.91 Å². The lowest BCUT2D eigenvalue weighted by Gasteiger charge is -2.31. The van der Waals surface area contributed by atoms with Crippen molar-refractivity contribution in [2.75, 3.05) is 19.6 Å². The fourth-order valence-electron chi connectivity index (χ4n) is 5.32. The van der Waals surface area contributed by atoms with Gasteiger partial charge in [0.1, 0.15) is 0 Å². The van der Waals surface area contributed by atoms with Gasteiger partial charge in [-0.05, 0) is 68.0 Å². The van der Waals surface area contributed by atoms with Crippen LogP contribution in [0.2, 0.25) is 0 Å². The van der Waals surface area contributed by atoms with Crippen LogP contribution in [0.3, 0.4) is 0 Å². The number of rotatable bonds is 4. The van der Waals surface area contributed by atoms with Crippen molar-refractivity contribution in [3.05, 3.63) is 77.4 Å². The van der Waals surface area contributed by atoms with Gasteiger partial charge in [-0.25, -0.2) is 5.01 Å². The molecule has 2 aliphatic heterocycles. The van der Waals surface area contributed by atoms with Crippen LogP contribution in [0, 0.1) is 5.92 Å². The van der Waals surface area contributed by atoms with Crippen LogP contribution in [-0.4, -0.2) is 41.2 Å². The number of likely N-dealkylation sites (tertiary alicyclic amines) is 1. The monoisotopic (exact) mass is 413 g/mol. The number of piperidine rings is 1. The maximum Gasteiger partial charge on any atom is 0.257 e. The molecule has 1 amide bonds. The van der Waals surface area contributed by atoms with Gasteiger partial charge in [0.15, 0.2) is 0 Å². The highest BCUT2D eigenvalue weighted by Crippen LogP contribution is 2.44. The summed E-state index contributed by atoms with van der Waals surface area (Å²) in [7, 11) is 0. The van der Waals surface area contributed by atoms with E-state index in [1.165, 1.54) is 36.0 Å². The zero-order valence-electron chi connectivity index (χ0n) is 18.1. The number of nitrogens with zero attached hydrogens (tertiary/aromatic N) is 3. The first-order chi connectivity index (χ1) is 15.3. The lowest BCUT2D eigenvalue weighted by atomic mass is 9.77. The second kappa shape index (κ2) is 9.19. The third kappa shape index (κ3) is 4.35. The molecule has 2 fully saturated rings. The Labute approximate surface area is 185 Å². The lowest BCUT2D eigenvalue weighted by molar-refractivity contribution is -0.135. The topological polar surface area (TPSA) is 35.9 Å². The first kappa shape index (κ1) is 20.2. The van der Waals surface area contributed by atoms with Gasteiger partial charge in [0.2, 0.25) is 0 Å². The quantitative estimate of drug-likeness (QED) is 0.682. The summed E-state index contributed by atoms with van der Waals surface area (Å²) in [5, 5.41) is 6.84. The number of amides is 1. The van der Waals surface area contributed by atoms with E-state index in [0.29, 0.717) is 6.54 Å². The van der Waals surface area contributed by atoms with Crippen LogP contribution in [-0.2, 0) is 4.79 Å². The van der Waals surface area contributed by atoms with Gasteiger partial charge in [-0.3, -0.25) is 9.69 Å². The zero-order chi connectivity index (χ0) is 21.0. The van der Waals surface area contributed by atoms with E-state index in [2.05, 4.69) is 59.5 Å². The Bertz CT molecular complexity index is 960. The van der Waals surface area contributed by atoms with Crippen molar-refractivity contribution in [3.63, 3.8) is 0 Å². The number of hydrogen-bond donors (Lipinski definition) is 0. The molecule has 0 spiro atoms. The van der Waals surface area contributed by atoms with Crippen LogP contribution in [0.4, 0.5) is 0 Å². The molecule has 2 atom stereocenters. The Kier molecular flexibility index (Phi) is 5.99. The summed E-state index contributed by atoms with van der Waals surface area (Å²) in [4.78, 5) is 15.8. The van der Waals surface area contributed by atoms with E-state index in [9.17, 15) is 4.79 Å². The van der Waals surface area contributed by atoms with Crippen molar-refractivity contribution in [1.82, 2.24) is 9.91 Å². The number of benzene rings is 2. The summed E-state index contributed by atoms with van der Waals surface area (Å²) in [6, 6.07) is 21.0. The molecule has 4 heteroatoms. The first-order valence-electron chi connectivity index (χ1n) is 11.7. The van der Waals surface area contributed by atoms with Crippen molar-refractivity contribution in [2.45, 2.75) is 44.6 Å². The summed E-state index contributed by atoms with van der Waals surface area (Å²) in [5.41, 5.74) is 4.81. The van der Waals surface area contributed by atoms with Crippen molar-refractivity contribution in [1.29, 1.82) is 0 Å². The van der Waals surface area contributed by atoms with E-state index in [-0.39, 0.29) is 17.9 Å². The molecule has 31 heavy (non-hydrogen) atoms. The molecule has 0 unspecified atom stereocenters. The number of carbonyl (C=O) groups excluding carboxylic acids is 1. The van der Waals surface area contributed by atoms with Crippen LogP contribution < -0.4 is 0 Å². The van der Waals surface area contributed by atoms with Crippen LogP contribution in [0.15, 0.2) is 71.3 Å². The molecule has 1 aliphatic carbocycles. The Morgan fingerprint density at radius 3 is 2.39 bits per heavy atom. The van der Waals surface area contributed by atoms with Crippen LogP contribution in [0.1, 0.15) is 55.7 Å². The molecule has 1 saturated heterocycles. The number of carbonyl (C=O) groups is 1. The summed E-state index contributed by atoms with van der Waals surface area (Å²) in [6.45, 7) is 2.52. The molecule has 0 radical (unpaired) electrons. The molecule has 0 aromatic heterocycles. The second-order valence-electron chi connectivity index (χ2n) is 8.99. The summed E-state index contributed by atoms with van der Waals surface area (Å²) < 4.78 is 0. The molecular formula is C27H31N3O. The minimum absolute atomic E-state index is 0.00737. The van der Waals surface area contributed by atoms with Crippen LogP contribution in [0.25, 0.3) is 6.08 Å². The molecule has 5 rings (SSSR count).